The average molecular weight is 463 g/mol. The molecule has 0 saturated carbocycles. The molecule has 0 spiro atoms. The van der Waals surface area contributed by atoms with Gasteiger partial charge in [0.25, 0.3) is 11.8 Å². The van der Waals surface area contributed by atoms with Gasteiger partial charge in [-0.3, -0.25) is 29.6 Å². The van der Waals surface area contributed by atoms with Gasteiger partial charge >= 0.3 is 12.1 Å². The van der Waals surface area contributed by atoms with E-state index in [0.717, 1.165) is 22.7 Å². The molecule has 1 fully saturated rings. The quantitative estimate of drug-likeness (QED) is 0.641. The summed E-state index contributed by atoms with van der Waals surface area (Å²) in [6.07, 6.45) is -4.91. The summed E-state index contributed by atoms with van der Waals surface area (Å²) in [5.41, 5.74) is 2.20. The topological polar surface area (TPSA) is 105 Å². The number of carbonyl (C=O) groups excluding carboxylic acids is 4. The fourth-order valence-corrected chi connectivity index (χ4v) is 3.15. The molecule has 1 aliphatic rings. The Balaban J connectivity index is 1.51. The van der Waals surface area contributed by atoms with Crippen LogP contribution in [0.3, 0.4) is 0 Å². The number of esters is 1. The van der Waals surface area contributed by atoms with Gasteiger partial charge in [0.2, 0.25) is 5.91 Å². The number of carbonyl (C=O) groups is 4. The van der Waals surface area contributed by atoms with Crippen LogP contribution < -0.4 is 10.7 Å². The average Bonchev–Trinajstić information content (AvgIpc) is 3.12. The van der Waals surface area contributed by atoms with Crippen molar-refractivity contribution in [2.45, 2.75) is 19.5 Å². The molecule has 1 saturated heterocycles. The molecule has 0 unspecified atom stereocenters. The first-order chi connectivity index (χ1) is 15.5. The fourth-order valence-electron chi connectivity index (χ4n) is 3.15. The zero-order valence-corrected chi connectivity index (χ0v) is 17.4. The van der Waals surface area contributed by atoms with Crippen LogP contribution in [0.4, 0.5) is 18.9 Å². The van der Waals surface area contributed by atoms with Gasteiger partial charge in [-0.2, -0.15) is 13.2 Å². The maximum atomic E-state index is 13.0. The van der Waals surface area contributed by atoms with E-state index in [-0.39, 0.29) is 13.0 Å². The molecule has 2 aromatic rings. The van der Waals surface area contributed by atoms with Crippen molar-refractivity contribution in [1.82, 2.24) is 10.4 Å². The zero-order chi connectivity index (χ0) is 24.2. The number of hydrazine groups is 1. The summed E-state index contributed by atoms with van der Waals surface area (Å²) in [7, 11) is 0. The summed E-state index contributed by atoms with van der Waals surface area (Å²) in [6.45, 7) is 0.872. The second kappa shape index (κ2) is 9.72. The lowest BCUT2D eigenvalue weighted by Gasteiger charge is -2.17. The van der Waals surface area contributed by atoms with Crippen LogP contribution in [-0.4, -0.2) is 41.9 Å². The molecule has 0 bridgehead atoms. The first-order valence-corrected chi connectivity index (χ1v) is 9.85. The zero-order valence-electron chi connectivity index (χ0n) is 17.4. The Labute approximate surface area is 186 Å². The molecule has 0 aromatic heterocycles. The number of aryl methyl sites for hydroxylation is 1. The van der Waals surface area contributed by atoms with Crippen molar-refractivity contribution < 1.29 is 37.1 Å². The summed E-state index contributed by atoms with van der Waals surface area (Å²) in [5.74, 6) is -3.82. The molecular formula is C22H20F3N3O5. The molecule has 33 heavy (non-hydrogen) atoms. The van der Waals surface area contributed by atoms with Crippen LogP contribution in [0.15, 0.2) is 48.5 Å². The minimum absolute atomic E-state index is 0.159. The van der Waals surface area contributed by atoms with Crippen LogP contribution in [0.25, 0.3) is 0 Å². The Morgan fingerprint density at radius 2 is 1.76 bits per heavy atom. The minimum Gasteiger partial charge on any atom is -0.455 e. The Hall–Kier alpha value is -3.89. The first-order valence-electron chi connectivity index (χ1n) is 9.85. The van der Waals surface area contributed by atoms with E-state index in [1.807, 2.05) is 6.92 Å². The molecular weight excluding hydrogens is 443 g/mol. The predicted molar refractivity (Wildman–Crippen MR) is 109 cm³/mol. The molecule has 1 heterocycles. The van der Waals surface area contributed by atoms with E-state index in [4.69, 9.17) is 4.74 Å². The highest BCUT2D eigenvalue weighted by Gasteiger charge is 2.37. The summed E-state index contributed by atoms with van der Waals surface area (Å²) in [4.78, 5) is 48.6. The number of rotatable bonds is 6. The highest BCUT2D eigenvalue weighted by atomic mass is 19.4. The molecule has 2 N–H and O–H groups in total. The standard InChI is InChI=1S/C22H20F3N3O5/c1-13-6-8-14(9-7-13)20(31)27-28-11-15(10-19(28)30)21(32)33-12-18(29)26-17-5-3-2-4-16(17)22(23,24)25/h2-9,15H,10-12H2,1H3,(H,26,29)(H,27,31)/t15-/m0/s1. The summed E-state index contributed by atoms with van der Waals surface area (Å²) in [5, 5.41) is 3.05. The molecule has 0 aliphatic carbocycles. The SMILES string of the molecule is Cc1ccc(C(=O)NN2C[C@@H](C(=O)OCC(=O)Nc3ccccc3C(F)(F)F)CC2=O)cc1. The third-order valence-electron chi connectivity index (χ3n) is 4.86. The number of benzene rings is 2. The maximum Gasteiger partial charge on any atom is 0.418 e. The summed E-state index contributed by atoms with van der Waals surface area (Å²) >= 11 is 0. The number of amides is 3. The molecule has 174 valence electrons. The number of hydrogen-bond acceptors (Lipinski definition) is 5. The van der Waals surface area contributed by atoms with Crippen molar-refractivity contribution in [2.75, 3.05) is 18.5 Å². The minimum atomic E-state index is -4.67. The molecule has 3 rings (SSSR count). The van der Waals surface area contributed by atoms with Crippen molar-refractivity contribution >= 4 is 29.4 Å². The van der Waals surface area contributed by atoms with Gasteiger partial charge in [-0.05, 0) is 31.2 Å². The smallest absolute Gasteiger partial charge is 0.418 e. The van der Waals surface area contributed by atoms with E-state index in [1.54, 1.807) is 24.3 Å². The van der Waals surface area contributed by atoms with Crippen molar-refractivity contribution in [1.29, 1.82) is 0 Å². The van der Waals surface area contributed by atoms with Crippen LogP contribution in [0, 0.1) is 12.8 Å². The number of alkyl halides is 3. The van der Waals surface area contributed by atoms with Crippen LogP contribution in [0.2, 0.25) is 0 Å². The number of anilines is 1. The Bertz CT molecular complexity index is 1070. The van der Waals surface area contributed by atoms with Crippen molar-refractivity contribution in [2.24, 2.45) is 5.92 Å². The van der Waals surface area contributed by atoms with Crippen LogP contribution in [0.5, 0.6) is 0 Å². The number of hydrogen-bond donors (Lipinski definition) is 2. The van der Waals surface area contributed by atoms with Gasteiger partial charge in [0.1, 0.15) is 0 Å². The summed E-state index contributed by atoms with van der Waals surface area (Å²) in [6, 6.07) is 11.0. The Kier molecular flexibility index (Phi) is 7.00. The molecule has 0 radical (unpaired) electrons. The predicted octanol–water partition coefficient (Wildman–Crippen LogP) is 2.69. The van der Waals surface area contributed by atoms with Gasteiger partial charge in [-0.15, -0.1) is 0 Å². The lowest BCUT2D eigenvalue weighted by atomic mass is 10.1. The third-order valence-corrected chi connectivity index (χ3v) is 4.86. The van der Waals surface area contributed by atoms with Crippen LogP contribution in [0.1, 0.15) is 27.9 Å². The van der Waals surface area contributed by atoms with Gasteiger partial charge in [-0.25, -0.2) is 0 Å². The number of para-hydroxylation sites is 1. The maximum absolute atomic E-state index is 13.0. The van der Waals surface area contributed by atoms with E-state index < -0.39 is 53.6 Å². The molecule has 3 amide bonds. The monoisotopic (exact) mass is 463 g/mol. The fraction of sp³-hybridized carbons (Fsp3) is 0.273. The molecule has 1 atom stereocenters. The highest BCUT2D eigenvalue weighted by Crippen LogP contribution is 2.34. The number of nitrogens with one attached hydrogen (secondary N) is 2. The normalized spacial score (nSPS) is 15.8. The van der Waals surface area contributed by atoms with Gasteiger partial charge in [0.15, 0.2) is 6.61 Å². The van der Waals surface area contributed by atoms with Crippen molar-refractivity contribution in [3.63, 3.8) is 0 Å². The second-order valence-corrected chi connectivity index (χ2v) is 7.41. The van der Waals surface area contributed by atoms with Crippen molar-refractivity contribution in [3.05, 3.63) is 65.2 Å². The van der Waals surface area contributed by atoms with Crippen LogP contribution in [-0.2, 0) is 25.3 Å². The molecule has 1 aliphatic heterocycles. The Morgan fingerprint density at radius 3 is 2.42 bits per heavy atom. The van der Waals surface area contributed by atoms with E-state index in [9.17, 15) is 32.3 Å². The first kappa shape index (κ1) is 23.8. The van der Waals surface area contributed by atoms with Crippen molar-refractivity contribution in [3.8, 4) is 0 Å². The summed E-state index contributed by atoms with van der Waals surface area (Å²) < 4.78 is 43.9. The lowest BCUT2D eigenvalue weighted by molar-refractivity contribution is -0.151. The second-order valence-electron chi connectivity index (χ2n) is 7.41. The lowest BCUT2D eigenvalue weighted by Crippen LogP contribution is -2.43. The van der Waals surface area contributed by atoms with Crippen LogP contribution >= 0.6 is 0 Å². The van der Waals surface area contributed by atoms with Gasteiger partial charge < -0.3 is 10.1 Å². The highest BCUT2D eigenvalue weighted by molar-refractivity contribution is 5.97. The van der Waals surface area contributed by atoms with Gasteiger partial charge in [-0.1, -0.05) is 29.8 Å². The van der Waals surface area contributed by atoms with E-state index in [1.165, 1.54) is 12.1 Å². The van der Waals surface area contributed by atoms with E-state index >= 15 is 0 Å². The number of halogens is 3. The molecule has 8 nitrogen and oxygen atoms in total. The Morgan fingerprint density at radius 1 is 1.09 bits per heavy atom. The van der Waals surface area contributed by atoms with E-state index in [2.05, 4.69) is 10.7 Å². The third kappa shape index (κ3) is 6.09. The largest absolute Gasteiger partial charge is 0.455 e. The molecule has 2 aromatic carbocycles. The van der Waals surface area contributed by atoms with Gasteiger partial charge in [0.05, 0.1) is 23.7 Å². The van der Waals surface area contributed by atoms with E-state index in [0.29, 0.717) is 5.56 Å². The van der Waals surface area contributed by atoms with Gasteiger partial charge in [0, 0.05) is 12.0 Å². The number of nitrogens with zero attached hydrogens (tertiary/aromatic N) is 1. The molecule has 11 heteroatoms. The number of ether oxygens (including phenoxy) is 1.